The molecular formula is C20H26O5. The maximum absolute atomic E-state index is 11.8. The van der Waals surface area contributed by atoms with E-state index in [-0.39, 0.29) is 12.9 Å². The number of carbonyl (C=O) groups excluding carboxylic acids is 1. The van der Waals surface area contributed by atoms with Crippen LogP contribution in [0.1, 0.15) is 31.2 Å². The third-order valence-electron chi connectivity index (χ3n) is 4.28. The molecule has 0 heterocycles. The Balaban J connectivity index is 2.12. The number of hydrogen-bond acceptors (Lipinski definition) is 5. The highest BCUT2D eigenvalue weighted by atomic mass is 16.7. The van der Waals surface area contributed by atoms with Crippen molar-refractivity contribution in [2.24, 2.45) is 0 Å². The molecule has 0 aliphatic heterocycles. The summed E-state index contributed by atoms with van der Waals surface area (Å²) in [7, 11) is 2.90. The van der Waals surface area contributed by atoms with Crippen LogP contribution in [-0.2, 0) is 25.4 Å². The van der Waals surface area contributed by atoms with Crippen LogP contribution in [0.3, 0.4) is 0 Å². The van der Waals surface area contributed by atoms with Crippen molar-refractivity contribution in [3.05, 3.63) is 58.9 Å². The molecule has 0 unspecified atom stereocenters. The Morgan fingerprint density at radius 1 is 1.24 bits per heavy atom. The molecule has 0 aromatic heterocycles. The number of aliphatic hydroxyl groups excluding tert-OH is 1. The zero-order valence-electron chi connectivity index (χ0n) is 14.9. The first-order chi connectivity index (χ1) is 12.2. The van der Waals surface area contributed by atoms with Gasteiger partial charge in [-0.05, 0) is 42.4 Å². The van der Waals surface area contributed by atoms with Crippen LogP contribution in [0.4, 0.5) is 0 Å². The highest BCUT2D eigenvalue weighted by Crippen LogP contribution is 2.34. The lowest BCUT2D eigenvalue weighted by atomic mass is 9.86. The standard InChI is InChI=1S/C20H26O5/c1-23-14-25-19-12-11-18(21)16(17(19)13-20(22)24-2)10-6-9-15-7-4-3-5-8-15/h3-5,7-8,13,19,21H,6,9-12,14H2,1-2H3/b17-13-/t19-/m0/s1. The third-order valence-corrected chi connectivity index (χ3v) is 4.28. The predicted molar refractivity (Wildman–Crippen MR) is 95.1 cm³/mol. The van der Waals surface area contributed by atoms with Gasteiger partial charge in [0.1, 0.15) is 6.79 Å². The monoisotopic (exact) mass is 346 g/mol. The van der Waals surface area contributed by atoms with E-state index in [1.807, 2.05) is 18.2 Å². The molecule has 1 N–H and O–H groups in total. The van der Waals surface area contributed by atoms with Crippen molar-refractivity contribution < 1.29 is 24.1 Å². The van der Waals surface area contributed by atoms with Gasteiger partial charge in [0.15, 0.2) is 0 Å². The molecule has 136 valence electrons. The number of aryl methyl sites for hydroxylation is 1. The molecule has 0 spiro atoms. The van der Waals surface area contributed by atoms with E-state index >= 15 is 0 Å². The van der Waals surface area contributed by atoms with Gasteiger partial charge < -0.3 is 19.3 Å². The summed E-state index contributed by atoms with van der Waals surface area (Å²) in [5.41, 5.74) is 2.73. The molecule has 5 nitrogen and oxygen atoms in total. The number of rotatable bonds is 8. The zero-order chi connectivity index (χ0) is 18.1. The molecule has 0 radical (unpaired) electrons. The minimum Gasteiger partial charge on any atom is -0.512 e. The van der Waals surface area contributed by atoms with Crippen LogP contribution in [0.25, 0.3) is 0 Å². The largest absolute Gasteiger partial charge is 0.512 e. The van der Waals surface area contributed by atoms with E-state index in [1.165, 1.54) is 18.7 Å². The first-order valence-corrected chi connectivity index (χ1v) is 8.51. The third kappa shape index (κ3) is 5.73. The fourth-order valence-electron chi connectivity index (χ4n) is 3.03. The number of allylic oxidation sites excluding steroid dienone is 1. The van der Waals surface area contributed by atoms with E-state index in [0.717, 1.165) is 18.4 Å². The number of esters is 1. The molecule has 5 heteroatoms. The normalized spacial score (nSPS) is 19.3. The second-order valence-electron chi connectivity index (χ2n) is 5.99. The second-order valence-corrected chi connectivity index (χ2v) is 5.99. The van der Waals surface area contributed by atoms with Gasteiger partial charge in [-0.1, -0.05) is 30.3 Å². The number of methoxy groups -OCH3 is 2. The summed E-state index contributed by atoms with van der Waals surface area (Å²) in [5.74, 6) is -0.114. The summed E-state index contributed by atoms with van der Waals surface area (Å²) >= 11 is 0. The number of carbonyl (C=O) groups is 1. The summed E-state index contributed by atoms with van der Waals surface area (Å²) < 4.78 is 15.4. The Bertz CT molecular complexity index is 618. The Hall–Kier alpha value is -2.11. The fraction of sp³-hybridized carbons (Fsp3) is 0.450. The average Bonchev–Trinajstić information content (AvgIpc) is 2.64. The van der Waals surface area contributed by atoms with Gasteiger partial charge in [-0.15, -0.1) is 0 Å². The molecule has 1 aromatic carbocycles. The molecule has 0 saturated heterocycles. The average molecular weight is 346 g/mol. The van der Waals surface area contributed by atoms with Gasteiger partial charge in [-0.3, -0.25) is 0 Å². The maximum Gasteiger partial charge on any atom is 0.330 e. The van der Waals surface area contributed by atoms with Crippen molar-refractivity contribution in [3.8, 4) is 0 Å². The van der Waals surface area contributed by atoms with Crippen LogP contribution in [-0.4, -0.2) is 38.2 Å². The van der Waals surface area contributed by atoms with Gasteiger partial charge in [0.2, 0.25) is 0 Å². The van der Waals surface area contributed by atoms with Gasteiger partial charge in [0.25, 0.3) is 0 Å². The van der Waals surface area contributed by atoms with Gasteiger partial charge in [-0.2, -0.15) is 0 Å². The Morgan fingerprint density at radius 2 is 2.00 bits per heavy atom. The SMILES string of the molecule is COCO[C@H]1CCC(O)=C(CCCc2ccccc2)/C1=C/C(=O)OC. The van der Waals surface area contributed by atoms with Crippen LogP contribution >= 0.6 is 0 Å². The molecule has 1 aliphatic rings. The lowest BCUT2D eigenvalue weighted by Crippen LogP contribution is -2.24. The van der Waals surface area contributed by atoms with Gasteiger partial charge in [-0.25, -0.2) is 4.79 Å². The molecule has 25 heavy (non-hydrogen) atoms. The topological polar surface area (TPSA) is 65.0 Å². The summed E-state index contributed by atoms with van der Waals surface area (Å²) in [6, 6.07) is 10.2. The van der Waals surface area contributed by atoms with E-state index in [4.69, 9.17) is 14.2 Å². The predicted octanol–water partition coefficient (Wildman–Crippen LogP) is 3.70. The molecular weight excluding hydrogens is 320 g/mol. The van der Waals surface area contributed by atoms with Crippen molar-refractivity contribution in [2.45, 2.75) is 38.2 Å². The second kappa shape index (κ2) is 10.0. The molecule has 0 amide bonds. The first kappa shape index (κ1) is 19.2. The Labute approximate surface area is 148 Å². The van der Waals surface area contributed by atoms with Crippen molar-refractivity contribution in [3.63, 3.8) is 0 Å². The number of hydrogen-bond donors (Lipinski definition) is 1. The minimum atomic E-state index is -0.448. The van der Waals surface area contributed by atoms with Crippen molar-refractivity contribution in [1.29, 1.82) is 0 Å². The van der Waals surface area contributed by atoms with Crippen molar-refractivity contribution in [1.82, 2.24) is 0 Å². The number of ether oxygens (including phenoxy) is 3. The Kier molecular flexibility index (Phi) is 7.70. The summed E-state index contributed by atoms with van der Waals surface area (Å²) in [5, 5.41) is 10.4. The van der Waals surface area contributed by atoms with E-state index in [1.54, 1.807) is 7.11 Å². The molecule has 1 aliphatic carbocycles. The molecule has 1 aromatic rings. The lowest BCUT2D eigenvalue weighted by Gasteiger charge is -2.28. The smallest absolute Gasteiger partial charge is 0.330 e. The van der Waals surface area contributed by atoms with E-state index in [0.29, 0.717) is 30.6 Å². The van der Waals surface area contributed by atoms with Crippen molar-refractivity contribution >= 4 is 5.97 Å². The zero-order valence-corrected chi connectivity index (χ0v) is 14.9. The molecule has 2 rings (SSSR count). The van der Waals surface area contributed by atoms with Crippen LogP contribution in [0.15, 0.2) is 53.3 Å². The highest BCUT2D eigenvalue weighted by Gasteiger charge is 2.27. The quantitative estimate of drug-likeness (QED) is 0.442. The highest BCUT2D eigenvalue weighted by molar-refractivity contribution is 5.84. The van der Waals surface area contributed by atoms with Crippen molar-refractivity contribution in [2.75, 3.05) is 21.0 Å². The summed E-state index contributed by atoms with van der Waals surface area (Å²) in [4.78, 5) is 11.8. The lowest BCUT2D eigenvalue weighted by molar-refractivity contribution is -0.135. The van der Waals surface area contributed by atoms with Gasteiger partial charge in [0, 0.05) is 19.6 Å². The Morgan fingerprint density at radius 3 is 2.68 bits per heavy atom. The maximum atomic E-state index is 11.8. The summed E-state index contributed by atoms with van der Waals surface area (Å²) in [6.45, 7) is 0.140. The van der Waals surface area contributed by atoms with Crippen LogP contribution in [0.2, 0.25) is 0 Å². The molecule has 1 atom stereocenters. The fourth-order valence-corrected chi connectivity index (χ4v) is 3.03. The minimum absolute atomic E-state index is 0.140. The van der Waals surface area contributed by atoms with Crippen LogP contribution < -0.4 is 0 Å². The van der Waals surface area contributed by atoms with E-state index < -0.39 is 5.97 Å². The van der Waals surface area contributed by atoms with E-state index in [9.17, 15) is 9.90 Å². The van der Waals surface area contributed by atoms with E-state index in [2.05, 4.69) is 12.1 Å². The van der Waals surface area contributed by atoms with Crippen LogP contribution in [0.5, 0.6) is 0 Å². The van der Waals surface area contributed by atoms with Gasteiger partial charge in [0.05, 0.1) is 19.0 Å². The summed E-state index contributed by atoms with van der Waals surface area (Å²) in [6.07, 6.45) is 4.75. The molecule has 0 bridgehead atoms. The number of aliphatic hydroxyl groups is 1. The van der Waals surface area contributed by atoms with Gasteiger partial charge >= 0.3 is 5.97 Å². The van der Waals surface area contributed by atoms with Crippen LogP contribution in [0, 0.1) is 0 Å². The first-order valence-electron chi connectivity index (χ1n) is 8.51. The molecule has 0 saturated carbocycles. The number of benzene rings is 1. The molecule has 0 fully saturated rings.